The quantitative estimate of drug-likeness (QED) is 0.672. The Bertz CT molecular complexity index is 1050. The molecule has 0 unspecified atom stereocenters. The van der Waals surface area contributed by atoms with Gasteiger partial charge in [-0.1, -0.05) is 12.1 Å². The fourth-order valence-corrected chi connectivity index (χ4v) is 4.56. The van der Waals surface area contributed by atoms with Crippen molar-refractivity contribution in [3.8, 4) is 17.2 Å². The van der Waals surface area contributed by atoms with Gasteiger partial charge < -0.3 is 24.0 Å². The van der Waals surface area contributed by atoms with Crippen molar-refractivity contribution in [1.29, 1.82) is 0 Å². The molecule has 3 heterocycles. The summed E-state index contributed by atoms with van der Waals surface area (Å²) in [6.07, 6.45) is 1.07. The molecule has 0 atom stereocenters. The van der Waals surface area contributed by atoms with Crippen molar-refractivity contribution >= 4 is 17.5 Å². The first-order valence-corrected chi connectivity index (χ1v) is 11.5. The number of anilines is 1. The molecule has 1 fully saturated rings. The lowest BCUT2D eigenvalue weighted by Gasteiger charge is -2.35. The van der Waals surface area contributed by atoms with Crippen molar-refractivity contribution in [3.63, 3.8) is 0 Å². The second kappa shape index (κ2) is 9.31. The van der Waals surface area contributed by atoms with Gasteiger partial charge in [-0.3, -0.25) is 14.5 Å². The Morgan fingerprint density at radius 2 is 1.73 bits per heavy atom. The van der Waals surface area contributed by atoms with Crippen molar-refractivity contribution < 1.29 is 23.8 Å². The molecular weight excluding hydrogens is 422 g/mol. The van der Waals surface area contributed by atoms with E-state index in [4.69, 9.17) is 14.2 Å². The molecule has 0 aromatic heterocycles. The van der Waals surface area contributed by atoms with Crippen LogP contribution in [-0.4, -0.2) is 67.7 Å². The van der Waals surface area contributed by atoms with Crippen LogP contribution in [0.15, 0.2) is 36.4 Å². The highest BCUT2D eigenvalue weighted by Gasteiger charge is 2.26. The number of carbonyl (C=O) groups is 2. The Balaban J connectivity index is 1.08. The van der Waals surface area contributed by atoms with Crippen LogP contribution in [0.25, 0.3) is 0 Å². The van der Waals surface area contributed by atoms with Crippen molar-refractivity contribution in [3.05, 3.63) is 47.5 Å². The van der Waals surface area contributed by atoms with Crippen molar-refractivity contribution in [2.75, 3.05) is 51.0 Å². The van der Waals surface area contributed by atoms with E-state index >= 15 is 0 Å². The third-order valence-electron chi connectivity index (χ3n) is 6.40. The van der Waals surface area contributed by atoms with Gasteiger partial charge in [-0.25, -0.2) is 0 Å². The smallest absolute Gasteiger partial charge is 0.265 e. The molecule has 0 N–H and O–H groups in total. The highest BCUT2D eigenvalue weighted by molar-refractivity contribution is 5.98. The normalized spacial score (nSPS) is 17.7. The number of aryl methyl sites for hydroxylation is 1. The van der Waals surface area contributed by atoms with Crippen LogP contribution in [0.1, 0.15) is 24.0 Å². The predicted octanol–water partition coefficient (Wildman–Crippen LogP) is 2.57. The summed E-state index contributed by atoms with van der Waals surface area (Å²) in [4.78, 5) is 31.2. The first-order chi connectivity index (χ1) is 16.1. The molecule has 33 heavy (non-hydrogen) atoms. The van der Waals surface area contributed by atoms with Crippen LogP contribution in [0.5, 0.6) is 17.2 Å². The Labute approximate surface area is 193 Å². The Morgan fingerprint density at radius 1 is 0.939 bits per heavy atom. The van der Waals surface area contributed by atoms with Crippen LogP contribution in [0.2, 0.25) is 0 Å². The number of piperazine rings is 1. The monoisotopic (exact) mass is 451 g/mol. The molecule has 0 saturated carbocycles. The summed E-state index contributed by atoms with van der Waals surface area (Å²) in [5.74, 6) is 2.43. The molecule has 0 spiro atoms. The van der Waals surface area contributed by atoms with Gasteiger partial charge in [0.1, 0.15) is 5.75 Å². The second-order valence-corrected chi connectivity index (χ2v) is 8.75. The van der Waals surface area contributed by atoms with E-state index in [-0.39, 0.29) is 25.2 Å². The van der Waals surface area contributed by atoms with E-state index in [0.29, 0.717) is 19.4 Å². The van der Waals surface area contributed by atoms with Gasteiger partial charge in [0.15, 0.2) is 18.1 Å². The molecule has 2 aromatic rings. The molecule has 0 bridgehead atoms. The van der Waals surface area contributed by atoms with Crippen LogP contribution < -0.4 is 19.1 Å². The average Bonchev–Trinajstić information content (AvgIpc) is 3.29. The fraction of sp³-hybridized carbons (Fsp3) is 0.440. The van der Waals surface area contributed by atoms with Gasteiger partial charge in [0, 0.05) is 45.7 Å². The first-order valence-electron chi connectivity index (χ1n) is 11.5. The average molecular weight is 452 g/mol. The van der Waals surface area contributed by atoms with Crippen LogP contribution in [0.4, 0.5) is 5.69 Å². The number of benzene rings is 2. The zero-order valence-corrected chi connectivity index (χ0v) is 18.9. The zero-order chi connectivity index (χ0) is 22.8. The van der Waals surface area contributed by atoms with Crippen LogP contribution in [0, 0.1) is 6.92 Å². The number of fused-ring (bicyclic) bond motifs is 2. The summed E-state index contributed by atoms with van der Waals surface area (Å²) in [5, 5.41) is 0. The Kier molecular flexibility index (Phi) is 6.09. The summed E-state index contributed by atoms with van der Waals surface area (Å²) in [6.45, 7) is 6.81. The minimum atomic E-state index is -0.0577. The Hall–Kier alpha value is -3.26. The maximum atomic E-state index is 12.8. The molecule has 0 aliphatic carbocycles. The minimum absolute atomic E-state index is 0.0509. The van der Waals surface area contributed by atoms with Crippen molar-refractivity contribution in [1.82, 2.24) is 9.80 Å². The second-order valence-electron chi connectivity index (χ2n) is 8.75. The molecule has 8 heteroatoms. The highest BCUT2D eigenvalue weighted by Crippen LogP contribution is 2.34. The topological polar surface area (TPSA) is 71.6 Å². The molecule has 174 valence electrons. The Morgan fingerprint density at radius 3 is 2.58 bits per heavy atom. The van der Waals surface area contributed by atoms with E-state index in [1.54, 1.807) is 4.90 Å². The van der Waals surface area contributed by atoms with E-state index < -0.39 is 0 Å². The summed E-state index contributed by atoms with van der Waals surface area (Å²) in [5.41, 5.74) is 3.06. The first kappa shape index (κ1) is 21.6. The molecular formula is C25H29N3O5. The molecule has 2 amide bonds. The third kappa shape index (κ3) is 4.75. The van der Waals surface area contributed by atoms with Gasteiger partial charge in [0.05, 0.1) is 5.69 Å². The van der Waals surface area contributed by atoms with Crippen molar-refractivity contribution in [2.24, 2.45) is 0 Å². The van der Waals surface area contributed by atoms with Gasteiger partial charge in [0.25, 0.3) is 5.91 Å². The zero-order valence-electron chi connectivity index (χ0n) is 18.9. The number of hydrogen-bond donors (Lipinski definition) is 0. The van der Waals surface area contributed by atoms with Crippen LogP contribution in [0.3, 0.4) is 0 Å². The third-order valence-corrected chi connectivity index (χ3v) is 6.40. The maximum absolute atomic E-state index is 12.8. The van der Waals surface area contributed by atoms with Gasteiger partial charge in [-0.15, -0.1) is 0 Å². The number of carbonyl (C=O) groups excluding carboxylic acids is 2. The molecule has 2 aromatic carbocycles. The van der Waals surface area contributed by atoms with Crippen LogP contribution in [-0.2, 0) is 16.1 Å². The van der Waals surface area contributed by atoms with E-state index in [2.05, 4.69) is 11.0 Å². The lowest BCUT2D eigenvalue weighted by molar-refractivity contribution is -0.133. The fourth-order valence-electron chi connectivity index (χ4n) is 4.56. The predicted molar refractivity (Wildman–Crippen MR) is 123 cm³/mol. The number of rotatable bonds is 6. The van der Waals surface area contributed by atoms with E-state index in [1.165, 1.54) is 5.56 Å². The minimum Gasteiger partial charge on any atom is -0.482 e. The number of amides is 2. The SMILES string of the molecule is Cc1ccc2c(c1)N(CCCC(=O)N1CCN(Cc3ccc4c(c3)OCO4)CC1)C(=O)CO2. The molecule has 1 saturated heterocycles. The molecule has 0 radical (unpaired) electrons. The molecule has 3 aliphatic heterocycles. The number of hydrogen-bond acceptors (Lipinski definition) is 6. The highest BCUT2D eigenvalue weighted by atomic mass is 16.7. The van der Waals surface area contributed by atoms with E-state index in [0.717, 1.165) is 61.2 Å². The van der Waals surface area contributed by atoms with Gasteiger partial charge >= 0.3 is 0 Å². The number of nitrogens with zero attached hydrogens (tertiary/aromatic N) is 3. The standard InChI is InChI=1S/C25H29N3O5/c1-18-4-6-21-20(13-18)28(25(30)16-31-21)8-2-3-24(29)27-11-9-26(10-12-27)15-19-5-7-22-23(14-19)33-17-32-22/h4-7,13-14H,2-3,8-12,15-17H2,1H3. The number of ether oxygens (including phenoxy) is 3. The molecule has 5 rings (SSSR count). The summed E-state index contributed by atoms with van der Waals surface area (Å²) >= 11 is 0. The van der Waals surface area contributed by atoms with Gasteiger partial charge in [-0.05, 0) is 48.7 Å². The summed E-state index contributed by atoms with van der Waals surface area (Å²) < 4.78 is 16.4. The maximum Gasteiger partial charge on any atom is 0.265 e. The van der Waals surface area contributed by atoms with Crippen molar-refractivity contribution in [2.45, 2.75) is 26.3 Å². The lowest BCUT2D eigenvalue weighted by Crippen LogP contribution is -2.48. The van der Waals surface area contributed by atoms with Gasteiger partial charge in [0.2, 0.25) is 12.7 Å². The van der Waals surface area contributed by atoms with Gasteiger partial charge in [-0.2, -0.15) is 0 Å². The largest absolute Gasteiger partial charge is 0.482 e. The summed E-state index contributed by atoms with van der Waals surface area (Å²) in [7, 11) is 0. The van der Waals surface area contributed by atoms with E-state index in [9.17, 15) is 9.59 Å². The summed E-state index contributed by atoms with van der Waals surface area (Å²) in [6, 6.07) is 11.9. The molecule has 3 aliphatic rings. The molecule has 8 nitrogen and oxygen atoms in total. The lowest BCUT2D eigenvalue weighted by atomic mass is 10.1. The van der Waals surface area contributed by atoms with E-state index in [1.807, 2.05) is 42.2 Å². The van der Waals surface area contributed by atoms with Crippen LogP contribution >= 0.6 is 0 Å².